The van der Waals surface area contributed by atoms with Crippen LogP contribution in [-0.4, -0.2) is 4.99 Å². The molecule has 0 heterocycles. The summed E-state index contributed by atoms with van der Waals surface area (Å²) in [4.78, 5) is 0.00355. The number of aryl methyl sites for hydroxylation is 1. The monoisotopic (exact) mass is 294 g/mol. The highest BCUT2D eigenvalue weighted by atomic mass is 35.5. The molecule has 0 bridgehead atoms. The Kier molecular flexibility index (Phi) is 4.02. The van der Waals surface area contributed by atoms with Crippen molar-refractivity contribution >= 4 is 40.2 Å². The molecule has 2 aromatic carbocycles. The highest BCUT2D eigenvalue weighted by Gasteiger charge is 2.12. The van der Waals surface area contributed by atoms with Crippen LogP contribution in [0.2, 0.25) is 5.02 Å². The van der Waals surface area contributed by atoms with Gasteiger partial charge in [-0.25, -0.2) is 4.39 Å². The van der Waals surface area contributed by atoms with Crippen molar-refractivity contribution in [2.24, 2.45) is 5.73 Å². The zero-order chi connectivity index (χ0) is 14.0. The molecule has 2 rings (SSSR count). The minimum atomic E-state index is -0.458. The van der Waals surface area contributed by atoms with E-state index >= 15 is 0 Å². The molecule has 0 aliphatic heterocycles. The predicted octanol–water partition coefficient (Wildman–Crippen LogP) is 4.17. The second-order valence-electron chi connectivity index (χ2n) is 4.13. The molecule has 19 heavy (non-hydrogen) atoms. The standard InChI is InChI=1S/C14H12ClFN2S/c1-8-5-6-11(9(15)7-8)18-12-4-2-3-10(16)13(12)14(17)19/h2-7,18H,1H3,(H2,17,19). The summed E-state index contributed by atoms with van der Waals surface area (Å²) in [5.41, 5.74) is 7.96. The lowest BCUT2D eigenvalue weighted by Gasteiger charge is -2.13. The van der Waals surface area contributed by atoms with Crippen LogP contribution in [0.15, 0.2) is 36.4 Å². The van der Waals surface area contributed by atoms with Gasteiger partial charge in [-0.05, 0) is 36.8 Å². The van der Waals surface area contributed by atoms with Crippen molar-refractivity contribution in [1.82, 2.24) is 0 Å². The van der Waals surface area contributed by atoms with Crippen molar-refractivity contribution in [3.8, 4) is 0 Å². The van der Waals surface area contributed by atoms with Crippen LogP contribution in [0, 0.1) is 12.7 Å². The number of halogens is 2. The van der Waals surface area contributed by atoms with E-state index in [0.717, 1.165) is 5.56 Å². The second-order valence-corrected chi connectivity index (χ2v) is 4.98. The summed E-state index contributed by atoms with van der Waals surface area (Å²) in [6.07, 6.45) is 0. The van der Waals surface area contributed by atoms with E-state index < -0.39 is 5.82 Å². The van der Waals surface area contributed by atoms with Crippen LogP contribution < -0.4 is 11.1 Å². The summed E-state index contributed by atoms with van der Waals surface area (Å²) in [6, 6.07) is 10.2. The fraction of sp³-hybridized carbons (Fsp3) is 0.0714. The maximum absolute atomic E-state index is 13.7. The SMILES string of the molecule is Cc1ccc(Nc2cccc(F)c2C(N)=S)c(Cl)c1. The molecule has 0 fully saturated rings. The molecule has 98 valence electrons. The number of anilines is 2. The van der Waals surface area contributed by atoms with E-state index in [1.54, 1.807) is 12.1 Å². The van der Waals surface area contributed by atoms with Crippen molar-refractivity contribution in [2.75, 3.05) is 5.32 Å². The van der Waals surface area contributed by atoms with Crippen molar-refractivity contribution in [3.05, 3.63) is 58.4 Å². The summed E-state index contributed by atoms with van der Waals surface area (Å²) in [5, 5.41) is 3.60. The van der Waals surface area contributed by atoms with Gasteiger partial charge in [0.1, 0.15) is 10.8 Å². The van der Waals surface area contributed by atoms with Gasteiger partial charge < -0.3 is 11.1 Å². The number of hydrogen-bond donors (Lipinski definition) is 2. The van der Waals surface area contributed by atoms with Crippen LogP contribution in [0.3, 0.4) is 0 Å². The van der Waals surface area contributed by atoms with E-state index in [2.05, 4.69) is 5.32 Å². The predicted molar refractivity (Wildman–Crippen MR) is 81.8 cm³/mol. The van der Waals surface area contributed by atoms with Gasteiger partial charge in [0.2, 0.25) is 0 Å². The third-order valence-corrected chi connectivity index (χ3v) is 3.17. The smallest absolute Gasteiger partial charge is 0.135 e. The molecule has 0 radical (unpaired) electrons. The third kappa shape index (κ3) is 3.03. The first-order valence-electron chi connectivity index (χ1n) is 5.60. The maximum Gasteiger partial charge on any atom is 0.135 e. The average Bonchev–Trinajstić information content (AvgIpc) is 2.32. The molecule has 0 saturated heterocycles. The molecular formula is C14H12ClFN2S. The number of nitrogens with one attached hydrogen (secondary N) is 1. The Balaban J connectivity index is 2.44. The fourth-order valence-electron chi connectivity index (χ4n) is 1.75. The molecule has 2 nitrogen and oxygen atoms in total. The van der Waals surface area contributed by atoms with Crippen LogP contribution in [0.25, 0.3) is 0 Å². The van der Waals surface area contributed by atoms with E-state index in [9.17, 15) is 4.39 Å². The molecule has 0 spiro atoms. The molecule has 0 unspecified atom stereocenters. The Morgan fingerprint density at radius 3 is 2.63 bits per heavy atom. The molecule has 0 amide bonds. The van der Waals surface area contributed by atoms with Crippen LogP contribution in [0.4, 0.5) is 15.8 Å². The number of thiocarbonyl (C=S) groups is 1. The first-order chi connectivity index (χ1) is 8.99. The summed E-state index contributed by atoms with van der Waals surface area (Å²) in [5.74, 6) is -0.458. The Labute approximate surface area is 121 Å². The Hall–Kier alpha value is -1.65. The summed E-state index contributed by atoms with van der Waals surface area (Å²) in [7, 11) is 0. The van der Waals surface area contributed by atoms with Gasteiger partial charge in [-0.3, -0.25) is 0 Å². The zero-order valence-electron chi connectivity index (χ0n) is 10.2. The van der Waals surface area contributed by atoms with Crippen LogP contribution >= 0.6 is 23.8 Å². The highest BCUT2D eigenvalue weighted by Crippen LogP contribution is 2.29. The topological polar surface area (TPSA) is 38.0 Å². The number of rotatable bonds is 3. The molecule has 3 N–H and O–H groups in total. The summed E-state index contributed by atoms with van der Waals surface area (Å²) >= 11 is 11.0. The second kappa shape index (κ2) is 5.55. The van der Waals surface area contributed by atoms with E-state index in [-0.39, 0.29) is 10.6 Å². The first-order valence-corrected chi connectivity index (χ1v) is 6.39. The first kappa shape index (κ1) is 13.8. The quantitative estimate of drug-likeness (QED) is 0.835. The van der Waals surface area contributed by atoms with Crippen LogP contribution in [-0.2, 0) is 0 Å². The Bertz CT molecular complexity index is 643. The lowest BCUT2D eigenvalue weighted by atomic mass is 10.1. The lowest BCUT2D eigenvalue weighted by molar-refractivity contribution is 0.626. The normalized spacial score (nSPS) is 10.3. The van der Waals surface area contributed by atoms with Crippen LogP contribution in [0.1, 0.15) is 11.1 Å². The maximum atomic E-state index is 13.7. The van der Waals surface area contributed by atoms with Crippen LogP contribution in [0.5, 0.6) is 0 Å². The Morgan fingerprint density at radius 2 is 2.00 bits per heavy atom. The van der Waals surface area contributed by atoms with E-state index in [1.165, 1.54) is 6.07 Å². The van der Waals surface area contributed by atoms with Gasteiger partial charge in [0.05, 0.1) is 22.0 Å². The number of nitrogens with two attached hydrogens (primary N) is 1. The highest BCUT2D eigenvalue weighted by molar-refractivity contribution is 7.80. The average molecular weight is 295 g/mol. The lowest BCUT2D eigenvalue weighted by Crippen LogP contribution is -2.14. The zero-order valence-corrected chi connectivity index (χ0v) is 11.8. The molecule has 0 saturated carbocycles. The van der Waals surface area contributed by atoms with Gasteiger partial charge in [0.15, 0.2) is 0 Å². The minimum absolute atomic E-state index is 0.00355. The van der Waals surface area contributed by atoms with Crippen molar-refractivity contribution in [3.63, 3.8) is 0 Å². The van der Waals surface area contributed by atoms with Gasteiger partial charge in [-0.1, -0.05) is 36.0 Å². The number of hydrogen-bond acceptors (Lipinski definition) is 2. The molecular weight excluding hydrogens is 283 g/mol. The van der Waals surface area contributed by atoms with E-state index in [1.807, 2.05) is 25.1 Å². The summed E-state index contributed by atoms with van der Waals surface area (Å²) < 4.78 is 13.7. The van der Waals surface area contributed by atoms with Crippen molar-refractivity contribution in [2.45, 2.75) is 6.92 Å². The molecule has 0 aromatic heterocycles. The molecule has 0 aliphatic carbocycles. The van der Waals surface area contributed by atoms with E-state index in [4.69, 9.17) is 29.6 Å². The van der Waals surface area contributed by atoms with Crippen molar-refractivity contribution in [1.29, 1.82) is 0 Å². The van der Waals surface area contributed by atoms with Gasteiger partial charge in [-0.2, -0.15) is 0 Å². The van der Waals surface area contributed by atoms with Gasteiger partial charge in [0, 0.05) is 0 Å². The summed E-state index contributed by atoms with van der Waals surface area (Å²) in [6.45, 7) is 1.94. The van der Waals surface area contributed by atoms with Gasteiger partial charge in [-0.15, -0.1) is 0 Å². The number of benzene rings is 2. The molecule has 0 aliphatic rings. The van der Waals surface area contributed by atoms with Crippen molar-refractivity contribution < 1.29 is 4.39 Å². The molecule has 2 aromatic rings. The largest absolute Gasteiger partial charge is 0.389 e. The Morgan fingerprint density at radius 1 is 1.26 bits per heavy atom. The fourth-order valence-corrected chi connectivity index (χ4v) is 2.24. The molecule has 0 atom stereocenters. The molecule has 5 heteroatoms. The van der Waals surface area contributed by atoms with Gasteiger partial charge in [0.25, 0.3) is 0 Å². The minimum Gasteiger partial charge on any atom is -0.389 e. The van der Waals surface area contributed by atoms with E-state index in [0.29, 0.717) is 16.4 Å². The third-order valence-electron chi connectivity index (χ3n) is 2.65. The van der Waals surface area contributed by atoms with Gasteiger partial charge >= 0.3 is 0 Å².